The average Bonchev–Trinajstić information content (AvgIpc) is 3.17. The minimum atomic E-state index is -0.142. The number of amides is 2. The molecule has 0 unspecified atom stereocenters. The Kier molecular flexibility index (Phi) is 6.70. The predicted molar refractivity (Wildman–Crippen MR) is 112 cm³/mol. The summed E-state index contributed by atoms with van der Waals surface area (Å²) in [5, 5.41) is 5.83. The Balaban J connectivity index is 1.15. The molecule has 2 aliphatic heterocycles. The van der Waals surface area contributed by atoms with E-state index in [1.807, 2.05) is 24.3 Å². The molecule has 3 fully saturated rings. The molecule has 0 bridgehead atoms. The minimum absolute atomic E-state index is 0.142. The van der Waals surface area contributed by atoms with Crippen molar-refractivity contribution in [1.29, 1.82) is 0 Å². The molecule has 2 amide bonds. The number of nitrogens with one attached hydrogen (secondary N) is 2. The number of likely N-dealkylation sites (tertiary alicyclic amines) is 2. The third kappa shape index (κ3) is 5.39. The average molecular weight is 387 g/mol. The Morgan fingerprint density at radius 3 is 2.32 bits per heavy atom. The molecule has 2 heterocycles. The Morgan fingerprint density at radius 1 is 0.964 bits per heavy atom. The minimum Gasteiger partial charge on any atom is -0.490 e. The van der Waals surface area contributed by atoms with Crippen molar-refractivity contribution in [2.24, 2.45) is 0 Å². The Morgan fingerprint density at radius 2 is 1.68 bits per heavy atom. The van der Waals surface area contributed by atoms with Crippen LogP contribution in [0.1, 0.15) is 44.9 Å². The van der Waals surface area contributed by atoms with Crippen LogP contribution in [0.4, 0.5) is 10.5 Å². The third-order valence-electron chi connectivity index (χ3n) is 6.39. The van der Waals surface area contributed by atoms with E-state index in [9.17, 15) is 4.79 Å². The number of carbonyl (C=O) groups excluding carboxylic acids is 1. The molecule has 0 aromatic heterocycles. The van der Waals surface area contributed by atoms with E-state index in [4.69, 9.17) is 4.74 Å². The summed E-state index contributed by atoms with van der Waals surface area (Å²) < 4.78 is 6.16. The fourth-order valence-electron chi connectivity index (χ4n) is 4.43. The number of carbonyl (C=O) groups is 1. The second-order valence-corrected chi connectivity index (χ2v) is 8.39. The van der Waals surface area contributed by atoms with Gasteiger partial charge in [-0.05, 0) is 75.9 Å². The molecule has 2 saturated heterocycles. The number of piperidine rings is 1. The highest BCUT2D eigenvalue weighted by atomic mass is 16.5. The summed E-state index contributed by atoms with van der Waals surface area (Å²) >= 11 is 0. The molecular weight excluding hydrogens is 352 g/mol. The van der Waals surface area contributed by atoms with Gasteiger partial charge in [0.1, 0.15) is 11.9 Å². The molecule has 28 heavy (non-hydrogen) atoms. The van der Waals surface area contributed by atoms with Crippen LogP contribution in [0.15, 0.2) is 24.3 Å². The van der Waals surface area contributed by atoms with Crippen molar-refractivity contribution in [3.05, 3.63) is 24.3 Å². The molecule has 154 valence electrons. The fraction of sp³-hybridized carbons (Fsp3) is 0.682. The molecule has 4 rings (SSSR count). The highest BCUT2D eigenvalue weighted by Crippen LogP contribution is 2.28. The summed E-state index contributed by atoms with van der Waals surface area (Å²) in [6, 6.07) is 8.44. The van der Waals surface area contributed by atoms with E-state index in [0.29, 0.717) is 12.6 Å². The first-order valence-electron chi connectivity index (χ1n) is 11.0. The van der Waals surface area contributed by atoms with Gasteiger partial charge < -0.3 is 25.2 Å². The van der Waals surface area contributed by atoms with Crippen molar-refractivity contribution in [3.8, 4) is 5.75 Å². The lowest BCUT2D eigenvalue weighted by Gasteiger charge is -2.41. The van der Waals surface area contributed by atoms with E-state index < -0.39 is 0 Å². The van der Waals surface area contributed by atoms with Gasteiger partial charge in [0, 0.05) is 37.9 Å². The second-order valence-electron chi connectivity index (χ2n) is 8.39. The summed E-state index contributed by atoms with van der Waals surface area (Å²) in [5.74, 6) is 0.891. The van der Waals surface area contributed by atoms with Crippen molar-refractivity contribution in [3.63, 3.8) is 0 Å². The molecule has 0 spiro atoms. The zero-order valence-corrected chi connectivity index (χ0v) is 16.9. The number of rotatable bonds is 7. The second kappa shape index (κ2) is 9.61. The molecule has 6 heteroatoms. The number of hydrogen-bond donors (Lipinski definition) is 2. The number of nitrogens with zero attached hydrogens (tertiary/aromatic N) is 2. The zero-order chi connectivity index (χ0) is 19.2. The van der Waals surface area contributed by atoms with Gasteiger partial charge in [0.05, 0.1) is 0 Å². The van der Waals surface area contributed by atoms with Crippen LogP contribution in [0.25, 0.3) is 0 Å². The lowest BCUT2D eigenvalue weighted by Crippen LogP contribution is -2.46. The molecule has 3 aliphatic rings. The largest absolute Gasteiger partial charge is 0.490 e. The van der Waals surface area contributed by atoms with Crippen LogP contribution < -0.4 is 15.4 Å². The van der Waals surface area contributed by atoms with Crippen molar-refractivity contribution in [2.45, 2.75) is 57.1 Å². The molecule has 6 nitrogen and oxygen atoms in total. The molecule has 1 saturated carbocycles. The van der Waals surface area contributed by atoms with Gasteiger partial charge in [-0.2, -0.15) is 0 Å². The number of ether oxygens (including phenoxy) is 1. The first-order chi connectivity index (χ1) is 13.8. The van der Waals surface area contributed by atoms with Gasteiger partial charge in [0.25, 0.3) is 0 Å². The van der Waals surface area contributed by atoms with Crippen LogP contribution in [0.3, 0.4) is 0 Å². The standard InChI is InChI=1S/C22H34N4O2/c27-22(23-12-17-25-13-1-2-14-25)24-18-6-8-20(9-7-18)28-21-10-15-26(16-11-21)19-4-3-5-19/h6-9,19,21H,1-5,10-17H2,(H2,23,24,27). The highest BCUT2D eigenvalue weighted by Gasteiger charge is 2.29. The van der Waals surface area contributed by atoms with E-state index >= 15 is 0 Å². The first kappa shape index (κ1) is 19.5. The van der Waals surface area contributed by atoms with Gasteiger partial charge in [-0.25, -0.2) is 4.79 Å². The van der Waals surface area contributed by atoms with Crippen molar-refractivity contribution >= 4 is 11.7 Å². The van der Waals surface area contributed by atoms with Crippen LogP contribution in [-0.2, 0) is 0 Å². The van der Waals surface area contributed by atoms with Crippen LogP contribution in [0, 0.1) is 0 Å². The van der Waals surface area contributed by atoms with E-state index in [0.717, 1.165) is 63.0 Å². The third-order valence-corrected chi connectivity index (χ3v) is 6.39. The molecule has 1 aliphatic carbocycles. The normalized spacial score (nSPS) is 22.0. The van der Waals surface area contributed by atoms with Crippen molar-refractivity contribution in [1.82, 2.24) is 15.1 Å². The molecule has 0 radical (unpaired) electrons. The maximum Gasteiger partial charge on any atom is 0.319 e. The van der Waals surface area contributed by atoms with E-state index in [-0.39, 0.29) is 6.03 Å². The topological polar surface area (TPSA) is 56.8 Å². The van der Waals surface area contributed by atoms with Gasteiger partial charge in [0.2, 0.25) is 0 Å². The maximum absolute atomic E-state index is 12.0. The molecule has 0 atom stereocenters. The Labute approximate surface area is 168 Å². The van der Waals surface area contributed by atoms with Gasteiger partial charge in [-0.15, -0.1) is 0 Å². The summed E-state index contributed by atoms with van der Waals surface area (Å²) in [6.07, 6.45) is 9.24. The summed E-state index contributed by atoms with van der Waals surface area (Å²) in [6.45, 7) is 6.25. The summed E-state index contributed by atoms with van der Waals surface area (Å²) in [5.41, 5.74) is 0.797. The number of anilines is 1. The van der Waals surface area contributed by atoms with Crippen molar-refractivity contribution in [2.75, 3.05) is 44.6 Å². The van der Waals surface area contributed by atoms with Crippen LogP contribution in [0.5, 0.6) is 5.75 Å². The maximum atomic E-state index is 12.0. The monoisotopic (exact) mass is 386 g/mol. The fourth-order valence-corrected chi connectivity index (χ4v) is 4.43. The molecule has 1 aromatic rings. The van der Waals surface area contributed by atoms with Crippen LogP contribution >= 0.6 is 0 Å². The first-order valence-corrected chi connectivity index (χ1v) is 11.0. The molecule has 1 aromatic carbocycles. The van der Waals surface area contributed by atoms with Crippen molar-refractivity contribution < 1.29 is 9.53 Å². The van der Waals surface area contributed by atoms with Gasteiger partial charge in [-0.1, -0.05) is 6.42 Å². The van der Waals surface area contributed by atoms with Gasteiger partial charge in [0.15, 0.2) is 0 Å². The zero-order valence-electron chi connectivity index (χ0n) is 16.9. The van der Waals surface area contributed by atoms with Gasteiger partial charge >= 0.3 is 6.03 Å². The lowest BCUT2D eigenvalue weighted by molar-refractivity contribution is 0.0493. The van der Waals surface area contributed by atoms with Gasteiger partial charge in [-0.3, -0.25) is 0 Å². The number of benzene rings is 1. The number of hydrogen-bond acceptors (Lipinski definition) is 4. The number of urea groups is 1. The van der Waals surface area contributed by atoms with E-state index in [1.165, 1.54) is 32.1 Å². The van der Waals surface area contributed by atoms with E-state index in [2.05, 4.69) is 20.4 Å². The predicted octanol–water partition coefficient (Wildman–Crippen LogP) is 3.30. The summed E-state index contributed by atoms with van der Waals surface area (Å²) in [4.78, 5) is 17.1. The lowest BCUT2D eigenvalue weighted by atomic mass is 9.90. The Hall–Kier alpha value is -1.79. The molecular formula is C22H34N4O2. The smallest absolute Gasteiger partial charge is 0.319 e. The Bertz CT molecular complexity index is 618. The summed E-state index contributed by atoms with van der Waals surface area (Å²) in [7, 11) is 0. The van der Waals surface area contributed by atoms with Crippen LogP contribution in [-0.4, -0.2) is 67.2 Å². The quantitative estimate of drug-likeness (QED) is 0.755. The van der Waals surface area contributed by atoms with E-state index in [1.54, 1.807) is 0 Å². The highest BCUT2D eigenvalue weighted by molar-refractivity contribution is 5.89. The van der Waals surface area contributed by atoms with Crippen LogP contribution in [0.2, 0.25) is 0 Å². The SMILES string of the molecule is O=C(NCCN1CCCC1)Nc1ccc(OC2CCN(C3CCC3)CC2)cc1. The molecule has 2 N–H and O–H groups in total.